The molecule has 24 heavy (non-hydrogen) atoms. The summed E-state index contributed by atoms with van der Waals surface area (Å²) >= 11 is 0. The van der Waals surface area contributed by atoms with Gasteiger partial charge < -0.3 is 14.7 Å². The van der Waals surface area contributed by atoms with Crippen molar-refractivity contribution in [3.8, 4) is 0 Å². The fourth-order valence-corrected chi connectivity index (χ4v) is 4.40. The zero-order valence-electron chi connectivity index (χ0n) is 14.3. The minimum atomic E-state index is -1.24. The van der Waals surface area contributed by atoms with Gasteiger partial charge in [0.2, 0.25) is 0 Å². The second kappa shape index (κ2) is 6.93. The van der Waals surface area contributed by atoms with Gasteiger partial charge in [-0.2, -0.15) is 0 Å². The summed E-state index contributed by atoms with van der Waals surface area (Å²) in [4.78, 5) is 26.4. The van der Waals surface area contributed by atoms with Gasteiger partial charge in [-0.25, -0.2) is 0 Å². The first kappa shape index (κ1) is 17.0. The van der Waals surface area contributed by atoms with Crippen LogP contribution in [0.4, 0.5) is 0 Å². The Morgan fingerprint density at radius 3 is 2.46 bits per heavy atom. The molecular formula is C19H25NO4. The molecule has 2 bridgehead atoms. The molecule has 0 aliphatic carbocycles. The zero-order chi connectivity index (χ0) is 17.3. The molecule has 3 unspecified atom stereocenters. The van der Waals surface area contributed by atoms with Gasteiger partial charge in [-0.05, 0) is 56.7 Å². The molecule has 3 rings (SSSR count). The highest BCUT2D eigenvalue weighted by Gasteiger charge is 2.41. The summed E-state index contributed by atoms with van der Waals surface area (Å²) in [6.45, 7) is 1.88. The number of fused-ring (bicyclic) bond motifs is 2. The van der Waals surface area contributed by atoms with Gasteiger partial charge in [0.25, 0.3) is 0 Å². The van der Waals surface area contributed by atoms with Crippen molar-refractivity contribution in [1.82, 2.24) is 4.90 Å². The summed E-state index contributed by atoms with van der Waals surface area (Å²) in [6, 6.07) is 8.62. The third-order valence-electron chi connectivity index (χ3n) is 5.61. The van der Waals surface area contributed by atoms with Crippen LogP contribution in [-0.4, -0.2) is 47.7 Å². The fraction of sp³-hybridized carbons (Fsp3) is 0.579. The summed E-state index contributed by atoms with van der Waals surface area (Å²) in [7, 11) is 2.18. The standard InChI is InChI=1S/C19H25NO4/c1-3-24-19(23)17(18(21)22)16-7-5-4-6-15(16)12-10-13-8-9-14(11-12)20(13)2/h4-7,12-14,17H,3,8-11H2,1-2H3,(H,21,22). The molecule has 0 saturated carbocycles. The van der Waals surface area contributed by atoms with Crippen LogP contribution >= 0.6 is 0 Å². The van der Waals surface area contributed by atoms with Gasteiger partial charge in [-0.1, -0.05) is 24.3 Å². The van der Waals surface area contributed by atoms with Gasteiger partial charge in [-0.3, -0.25) is 9.59 Å². The van der Waals surface area contributed by atoms with Crippen molar-refractivity contribution in [2.75, 3.05) is 13.7 Å². The first-order chi connectivity index (χ1) is 11.5. The number of hydrogen-bond acceptors (Lipinski definition) is 4. The number of hydrogen-bond donors (Lipinski definition) is 1. The first-order valence-corrected chi connectivity index (χ1v) is 8.73. The highest BCUT2D eigenvalue weighted by Crippen LogP contribution is 2.44. The molecule has 2 aliphatic heterocycles. The van der Waals surface area contributed by atoms with E-state index < -0.39 is 17.9 Å². The number of carboxylic acid groups (broad SMARTS) is 1. The molecule has 5 nitrogen and oxygen atoms in total. The van der Waals surface area contributed by atoms with E-state index >= 15 is 0 Å². The van der Waals surface area contributed by atoms with E-state index in [4.69, 9.17) is 4.74 Å². The second-order valence-electron chi connectivity index (χ2n) is 6.87. The van der Waals surface area contributed by atoms with E-state index in [9.17, 15) is 14.7 Å². The van der Waals surface area contributed by atoms with Crippen LogP contribution in [0.2, 0.25) is 0 Å². The molecule has 1 aromatic rings. The molecule has 3 atom stereocenters. The lowest BCUT2D eigenvalue weighted by Crippen LogP contribution is -2.39. The summed E-state index contributed by atoms with van der Waals surface area (Å²) in [6.07, 6.45) is 4.47. The number of aliphatic carboxylic acids is 1. The quantitative estimate of drug-likeness (QED) is 0.664. The predicted molar refractivity (Wildman–Crippen MR) is 90.0 cm³/mol. The van der Waals surface area contributed by atoms with Gasteiger partial charge >= 0.3 is 11.9 Å². The maximum atomic E-state index is 12.2. The van der Waals surface area contributed by atoms with E-state index in [-0.39, 0.29) is 6.61 Å². The molecule has 5 heteroatoms. The van der Waals surface area contributed by atoms with Gasteiger partial charge in [0.1, 0.15) is 0 Å². The molecule has 0 spiro atoms. The minimum absolute atomic E-state index is 0.184. The Morgan fingerprint density at radius 1 is 1.25 bits per heavy atom. The number of ether oxygens (including phenoxy) is 1. The number of carboxylic acids is 1. The van der Waals surface area contributed by atoms with E-state index in [0.29, 0.717) is 23.6 Å². The molecule has 1 N–H and O–H groups in total. The van der Waals surface area contributed by atoms with Crippen molar-refractivity contribution in [2.45, 2.75) is 56.5 Å². The zero-order valence-corrected chi connectivity index (χ0v) is 14.3. The van der Waals surface area contributed by atoms with Gasteiger partial charge in [0, 0.05) is 12.1 Å². The van der Waals surface area contributed by atoms with Crippen LogP contribution in [0.3, 0.4) is 0 Å². The van der Waals surface area contributed by atoms with Crippen molar-refractivity contribution in [3.63, 3.8) is 0 Å². The molecule has 1 aromatic carbocycles. The third-order valence-corrected chi connectivity index (χ3v) is 5.61. The summed E-state index contributed by atoms with van der Waals surface area (Å²) in [5.74, 6) is -2.74. The number of carbonyl (C=O) groups excluding carboxylic acids is 1. The normalized spacial score (nSPS) is 27.7. The Bertz CT molecular complexity index is 616. The number of rotatable bonds is 5. The van der Waals surface area contributed by atoms with Crippen molar-refractivity contribution in [2.24, 2.45) is 0 Å². The number of nitrogens with zero attached hydrogens (tertiary/aromatic N) is 1. The van der Waals surface area contributed by atoms with Crippen LogP contribution in [0.5, 0.6) is 0 Å². The molecular weight excluding hydrogens is 306 g/mol. The van der Waals surface area contributed by atoms with Crippen molar-refractivity contribution < 1.29 is 19.4 Å². The third kappa shape index (κ3) is 3.05. The molecule has 2 aliphatic rings. The molecule has 2 saturated heterocycles. The van der Waals surface area contributed by atoms with Crippen LogP contribution in [-0.2, 0) is 14.3 Å². The molecule has 0 radical (unpaired) electrons. The maximum absolute atomic E-state index is 12.2. The van der Waals surface area contributed by atoms with E-state index in [1.54, 1.807) is 19.1 Å². The molecule has 130 valence electrons. The van der Waals surface area contributed by atoms with Gasteiger partial charge in [-0.15, -0.1) is 0 Å². The second-order valence-corrected chi connectivity index (χ2v) is 6.87. The Hall–Kier alpha value is -1.88. The van der Waals surface area contributed by atoms with Gasteiger partial charge in [0.05, 0.1) is 6.61 Å². The van der Waals surface area contributed by atoms with Crippen molar-refractivity contribution >= 4 is 11.9 Å². The average molecular weight is 331 g/mol. The topological polar surface area (TPSA) is 66.8 Å². The molecule has 2 heterocycles. The largest absolute Gasteiger partial charge is 0.480 e. The van der Waals surface area contributed by atoms with Gasteiger partial charge in [0.15, 0.2) is 5.92 Å². The molecule has 0 amide bonds. The SMILES string of the molecule is CCOC(=O)C(C(=O)O)c1ccccc1C1CC2CCC(C1)N2C. The number of piperidine rings is 1. The number of carbonyl (C=O) groups is 2. The molecule has 2 fully saturated rings. The Kier molecular flexibility index (Phi) is 4.90. The van der Waals surface area contributed by atoms with Crippen LogP contribution in [0.15, 0.2) is 24.3 Å². The number of benzene rings is 1. The maximum Gasteiger partial charge on any atom is 0.324 e. The average Bonchev–Trinajstić information content (AvgIpc) is 2.76. The van der Waals surface area contributed by atoms with E-state index in [1.165, 1.54) is 12.8 Å². The Labute approximate surface area is 142 Å². The number of esters is 1. The molecule has 0 aromatic heterocycles. The smallest absolute Gasteiger partial charge is 0.324 e. The lowest BCUT2D eigenvalue weighted by Gasteiger charge is -2.37. The van der Waals surface area contributed by atoms with Crippen LogP contribution in [0.25, 0.3) is 0 Å². The van der Waals surface area contributed by atoms with Crippen LogP contribution in [0.1, 0.15) is 55.6 Å². The lowest BCUT2D eigenvalue weighted by atomic mass is 9.80. The van der Waals surface area contributed by atoms with E-state index in [2.05, 4.69) is 11.9 Å². The minimum Gasteiger partial charge on any atom is -0.480 e. The van der Waals surface area contributed by atoms with E-state index in [0.717, 1.165) is 18.4 Å². The van der Waals surface area contributed by atoms with E-state index in [1.807, 2.05) is 12.1 Å². The van der Waals surface area contributed by atoms with Crippen LogP contribution < -0.4 is 0 Å². The summed E-state index contributed by atoms with van der Waals surface area (Å²) in [5.41, 5.74) is 1.60. The Morgan fingerprint density at radius 2 is 1.88 bits per heavy atom. The predicted octanol–water partition coefficient (Wildman–Crippen LogP) is 2.76. The first-order valence-electron chi connectivity index (χ1n) is 8.73. The Balaban J connectivity index is 1.93. The fourth-order valence-electron chi connectivity index (χ4n) is 4.40. The van der Waals surface area contributed by atoms with Crippen molar-refractivity contribution in [1.29, 1.82) is 0 Å². The monoisotopic (exact) mass is 331 g/mol. The highest BCUT2D eigenvalue weighted by molar-refractivity contribution is 6.00. The summed E-state index contributed by atoms with van der Waals surface area (Å²) < 4.78 is 5.01. The van der Waals surface area contributed by atoms with Crippen molar-refractivity contribution in [3.05, 3.63) is 35.4 Å². The van der Waals surface area contributed by atoms with Crippen LogP contribution in [0, 0.1) is 0 Å². The summed E-state index contributed by atoms with van der Waals surface area (Å²) in [5, 5.41) is 9.60. The lowest BCUT2D eigenvalue weighted by molar-refractivity contribution is -0.153. The highest BCUT2D eigenvalue weighted by atomic mass is 16.5.